The molecule has 3 rings (SSSR count). The van der Waals surface area contributed by atoms with Crippen LogP contribution in [-0.2, 0) is 9.53 Å². The molecule has 0 saturated carbocycles. The van der Waals surface area contributed by atoms with Gasteiger partial charge in [-0.2, -0.15) is 0 Å². The number of cyclic esters (lactones) is 1. The highest BCUT2D eigenvalue weighted by molar-refractivity contribution is 6.05. The molecule has 4 heteroatoms. The van der Waals surface area contributed by atoms with Crippen LogP contribution in [0.3, 0.4) is 0 Å². The van der Waals surface area contributed by atoms with Gasteiger partial charge >= 0.3 is 5.97 Å². The first kappa shape index (κ1) is 15.7. The van der Waals surface area contributed by atoms with Crippen LogP contribution in [0.2, 0.25) is 0 Å². The average Bonchev–Trinajstić information content (AvgIpc) is 2.95. The third kappa shape index (κ3) is 3.60. The van der Waals surface area contributed by atoms with E-state index >= 15 is 0 Å². The highest BCUT2D eigenvalue weighted by Crippen LogP contribution is 2.27. The first-order valence-corrected chi connectivity index (χ1v) is 7.41. The van der Waals surface area contributed by atoms with Crippen LogP contribution in [-0.4, -0.2) is 12.6 Å². The predicted molar refractivity (Wildman–Crippen MR) is 90.6 cm³/mol. The van der Waals surface area contributed by atoms with Crippen molar-refractivity contribution in [2.75, 3.05) is 6.61 Å². The summed E-state index contributed by atoms with van der Waals surface area (Å²) in [5.41, 5.74) is 1.94. The van der Waals surface area contributed by atoms with Crippen molar-refractivity contribution in [1.29, 1.82) is 0 Å². The lowest BCUT2D eigenvalue weighted by atomic mass is 10.1. The van der Waals surface area contributed by atoms with Crippen LogP contribution in [0, 0.1) is 5.82 Å². The van der Waals surface area contributed by atoms with Gasteiger partial charge < -0.3 is 9.47 Å². The summed E-state index contributed by atoms with van der Waals surface area (Å²) in [6, 6.07) is 13.1. The molecule has 0 N–H and O–H groups in total. The molecule has 3 nitrogen and oxygen atoms in total. The highest BCUT2D eigenvalue weighted by Gasteiger charge is 2.21. The van der Waals surface area contributed by atoms with Gasteiger partial charge in [0.05, 0.1) is 5.57 Å². The minimum absolute atomic E-state index is 0.335. The molecular weight excluding hydrogens is 307 g/mol. The second-order valence-corrected chi connectivity index (χ2v) is 5.17. The lowest BCUT2D eigenvalue weighted by Crippen LogP contribution is -1.97. The number of hydrogen-bond donors (Lipinski definition) is 0. The lowest BCUT2D eigenvalue weighted by Gasteiger charge is -2.03. The van der Waals surface area contributed by atoms with E-state index < -0.39 is 5.97 Å². The monoisotopic (exact) mass is 322 g/mol. The Labute approximate surface area is 139 Å². The topological polar surface area (TPSA) is 35.5 Å². The van der Waals surface area contributed by atoms with E-state index in [4.69, 9.17) is 9.47 Å². The van der Waals surface area contributed by atoms with Crippen molar-refractivity contribution in [2.45, 2.75) is 0 Å². The van der Waals surface area contributed by atoms with E-state index in [1.54, 1.807) is 30.4 Å². The Morgan fingerprint density at radius 1 is 1.08 bits per heavy atom. The fourth-order valence-electron chi connectivity index (χ4n) is 2.24. The van der Waals surface area contributed by atoms with Crippen molar-refractivity contribution in [2.24, 2.45) is 0 Å². The standard InChI is InChI=1S/C20H15FO3/c1-2-11-23-18-9-3-14(4-10-18)12-16-13-19(24-20(16)22)15-5-7-17(21)8-6-15/h2-10,12-13H,1,11H2/b16-12+. The fraction of sp³-hybridized carbons (Fsp3) is 0.0500. The minimum Gasteiger partial charge on any atom is -0.490 e. The zero-order valence-corrected chi connectivity index (χ0v) is 12.9. The maximum absolute atomic E-state index is 13.0. The van der Waals surface area contributed by atoms with Crippen LogP contribution < -0.4 is 4.74 Å². The molecule has 120 valence electrons. The highest BCUT2D eigenvalue weighted by atomic mass is 19.1. The third-order valence-electron chi connectivity index (χ3n) is 3.42. The number of carbonyl (C=O) groups is 1. The molecule has 0 atom stereocenters. The summed E-state index contributed by atoms with van der Waals surface area (Å²) in [5, 5.41) is 0. The second kappa shape index (κ2) is 6.96. The number of benzene rings is 2. The van der Waals surface area contributed by atoms with E-state index in [1.807, 2.05) is 24.3 Å². The van der Waals surface area contributed by atoms with Crippen molar-refractivity contribution in [3.63, 3.8) is 0 Å². The second-order valence-electron chi connectivity index (χ2n) is 5.17. The van der Waals surface area contributed by atoms with E-state index in [0.29, 0.717) is 23.5 Å². The lowest BCUT2D eigenvalue weighted by molar-refractivity contribution is -0.130. The normalized spacial score (nSPS) is 15.1. The third-order valence-corrected chi connectivity index (χ3v) is 3.42. The molecule has 0 aromatic heterocycles. The zero-order chi connectivity index (χ0) is 16.9. The van der Waals surface area contributed by atoms with Crippen LogP contribution in [0.5, 0.6) is 5.75 Å². The van der Waals surface area contributed by atoms with Gasteiger partial charge in [0.2, 0.25) is 0 Å². The van der Waals surface area contributed by atoms with E-state index in [0.717, 1.165) is 11.3 Å². The smallest absolute Gasteiger partial charge is 0.343 e. The first-order chi connectivity index (χ1) is 11.7. The summed E-state index contributed by atoms with van der Waals surface area (Å²) >= 11 is 0. The Kier molecular flexibility index (Phi) is 4.57. The molecule has 1 aliphatic heterocycles. The Morgan fingerprint density at radius 3 is 2.46 bits per heavy atom. The van der Waals surface area contributed by atoms with Crippen molar-refractivity contribution >= 4 is 17.8 Å². The molecule has 1 aliphatic rings. The Bertz CT molecular complexity index is 815. The molecule has 0 bridgehead atoms. The van der Waals surface area contributed by atoms with Crippen LogP contribution in [0.4, 0.5) is 4.39 Å². The molecule has 2 aromatic rings. The van der Waals surface area contributed by atoms with Gasteiger partial charge in [0, 0.05) is 5.56 Å². The number of hydrogen-bond acceptors (Lipinski definition) is 3. The maximum atomic E-state index is 13.0. The number of carbonyl (C=O) groups excluding carboxylic acids is 1. The van der Waals surface area contributed by atoms with Gasteiger partial charge in [-0.15, -0.1) is 0 Å². The fourth-order valence-corrected chi connectivity index (χ4v) is 2.24. The molecule has 2 aromatic carbocycles. The number of halogens is 1. The van der Waals surface area contributed by atoms with Gasteiger partial charge in [0.15, 0.2) is 0 Å². The van der Waals surface area contributed by atoms with Gasteiger partial charge in [0.25, 0.3) is 0 Å². The molecule has 24 heavy (non-hydrogen) atoms. The largest absolute Gasteiger partial charge is 0.490 e. The van der Waals surface area contributed by atoms with Crippen LogP contribution in [0.15, 0.2) is 72.8 Å². The summed E-state index contributed by atoms with van der Waals surface area (Å²) in [7, 11) is 0. The number of rotatable bonds is 5. The van der Waals surface area contributed by atoms with E-state index in [1.165, 1.54) is 12.1 Å². The predicted octanol–water partition coefficient (Wildman–Crippen LogP) is 4.37. The maximum Gasteiger partial charge on any atom is 0.343 e. The molecule has 0 radical (unpaired) electrons. The van der Waals surface area contributed by atoms with Crippen molar-refractivity contribution < 1.29 is 18.7 Å². The average molecular weight is 322 g/mol. The molecule has 1 heterocycles. The molecule has 0 unspecified atom stereocenters. The van der Waals surface area contributed by atoms with Crippen molar-refractivity contribution in [1.82, 2.24) is 0 Å². The van der Waals surface area contributed by atoms with Gasteiger partial charge in [-0.25, -0.2) is 9.18 Å². The Morgan fingerprint density at radius 2 is 1.79 bits per heavy atom. The zero-order valence-electron chi connectivity index (χ0n) is 12.9. The summed E-state index contributed by atoms with van der Waals surface area (Å²) in [4.78, 5) is 12.0. The summed E-state index contributed by atoms with van der Waals surface area (Å²) in [6.07, 6.45) is 5.06. The van der Waals surface area contributed by atoms with Crippen LogP contribution in [0.1, 0.15) is 11.1 Å². The van der Waals surface area contributed by atoms with Gasteiger partial charge in [-0.3, -0.25) is 0 Å². The Balaban J connectivity index is 1.80. The molecule has 0 aliphatic carbocycles. The van der Waals surface area contributed by atoms with Crippen molar-refractivity contribution in [3.8, 4) is 5.75 Å². The van der Waals surface area contributed by atoms with E-state index in [9.17, 15) is 9.18 Å². The molecule has 0 saturated heterocycles. The number of ether oxygens (including phenoxy) is 2. The SMILES string of the molecule is C=CCOc1ccc(/C=C2\C=C(c3ccc(F)cc3)OC2=O)cc1. The van der Waals surface area contributed by atoms with Gasteiger partial charge in [0.1, 0.15) is 23.9 Å². The minimum atomic E-state index is -0.429. The van der Waals surface area contributed by atoms with Gasteiger partial charge in [-0.05, 0) is 54.1 Å². The Hall–Kier alpha value is -3.14. The molecule has 0 amide bonds. The summed E-state index contributed by atoms with van der Waals surface area (Å²) in [6.45, 7) is 4.03. The molecule has 0 fully saturated rings. The van der Waals surface area contributed by atoms with E-state index in [-0.39, 0.29) is 5.82 Å². The van der Waals surface area contributed by atoms with E-state index in [2.05, 4.69) is 6.58 Å². The van der Waals surface area contributed by atoms with Crippen molar-refractivity contribution in [3.05, 3.63) is 89.8 Å². The van der Waals surface area contributed by atoms with Crippen LogP contribution >= 0.6 is 0 Å². The summed E-state index contributed by atoms with van der Waals surface area (Å²) in [5.74, 6) is 0.380. The summed E-state index contributed by atoms with van der Waals surface area (Å²) < 4.78 is 23.6. The van der Waals surface area contributed by atoms with Crippen LogP contribution in [0.25, 0.3) is 11.8 Å². The molecule has 0 spiro atoms. The first-order valence-electron chi connectivity index (χ1n) is 7.41. The van der Waals surface area contributed by atoms with Gasteiger partial charge in [-0.1, -0.05) is 24.8 Å². The quantitative estimate of drug-likeness (QED) is 0.466. The number of esters is 1. The molecular formula is C20H15FO3.